The molecule has 19 heavy (non-hydrogen) atoms. The molecule has 0 N–H and O–H groups in total. The van der Waals surface area contributed by atoms with Gasteiger partial charge in [0.1, 0.15) is 0 Å². The highest BCUT2D eigenvalue weighted by atomic mass is 16.1. The number of hydrogen-bond acceptors (Lipinski definition) is 2. The van der Waals surface area contributed by atoms with Crippen molar-refractivity contribution in [3.05, 3.63) is 64.7 Å². The maximum absolute atomic E-state index is 11.4. The monoisotopic (exact) mass is 251 g/mol. The van der Waals surface area contributed by atoms with E-state index in [-0.39, 0.29) is 5.78 Å². The Morgan fingerprint density at radius 1 is 1.00 bits per heavy atom. The Morgan fingerprint density at radius 3 is 2.37 bits per heavy atom. The summed E-state index contributed by atoms with van der Waals surface area (Å²) in [7, 11) is 0. The molecule has 2 aromatic rings. The zero-order valence-electron chi connectivity index (χ0n) is 11.3. The van der Waals surface area contributed by atoms with Crippen molar-refractivity contribution in [2.45, 2.75) is 26.9 Å². The predicted octanol–water partition coefficient (Wildman–Crippen LogP) is 3.72. The number of aryl methyl sites for hydroxylation is 1. The van der Waals surface area contributed by atoms with Crippen molar-refractivity contribution in [1.29, 1.82) is 0 Å². The second-order valence-corrected chi connectivity index (χ2v) is 5.23. The summed E-state index contributed by atoms with van der Waals surface area (Å²) in [4.78, 5) is 13.8. The molecule has 0 saturated carbocycles. The first-order chi connectivity index (χ1) is 9.13. The Kier molecular flexibility index (Phi) is 2.86. The van der Waals surface area contributed by atoms with Gasteiger partial charge in [-0.3, -0.25) is 4.79 Å². The van der Waals surface area contributed by atoms with E-state index in [0.717, 1.165) is 18.7 Å². The lowest BCUT2D eigenvalue weighted by Crippen LogP contribution is -2.14. The van der Waals surface area contributed by atoms with Gasteiger partial charge in [0.25, 0.3) is 0 Å². The van der Waals surface area contributed by atoms with E-state index in [1.165, 1.54) is 22.4 Å². The van der Waals surface area contributed by atoms with Crippen LogP contribution in [0.15, 0.2) is 42.5 Å². The number of hydrogen-bond donors (Lipinski definition) is 0. The van der Waals surface area contributed by atoms with Crippen LogP contribution >= 0.6 is 0 Å². The standard InChI is InChI=1S/C17H17NO/c1-12-3-7-17(8-4-12)18-10-15-6-5-14(13(2)19)9-16(15)11-18/h3-9H,10-11H2,1-2H3. The van der Waals surface area contributed by atoms with Gasteiger partial charge < -0.3 is 4.90 Å². The molecule has 0 saturated heterocycles. The van der Waals surface area contributed by atoms with E-state index in [1.54, 1.807) is 6.92 Å². The molecule has 0 aromatic heterocycles. The molecule has 96 valence electrons. The topological polar surface area (TPSA) is 20.3 Å². The molecule has 0 radical (unpaired) electrons. The first kappa shape index (κ1) is 12.0. The smallest absolute Gasteiger partial charge is 0.159 e. The third kappa shape index (κ3) is 2.26. The fourth-order valence-corrected chi connectivity index (χ4v) is 2.55. The summed E-state index contributed by atoms with van der Waals surface area (Å²) in [6.07, 6.45) is 0. The van der Waals surface area contributed by atoms with Crippen molar-refractivity contribution in [3.63, 3.8) is 0 Å². The van der Waals surface area contributed by atoms with Crippen molar-refractivity contribution >= 4 is 11.5 Å². The fourth-order valence-electron chi connectivity index (χ4n) is 2.55. The van der Waals surface area contributed by atoms with Gasteiger partial charge in [-0.1, -0.05) is 29.8 Å². The lowest BCUT2D eigenvalue weighted by molar-refractivity contribution is 0.101. The zero-order chi connectivity index (χ0) is 13.4. The molecule has 1 aliphatic heterocycles. The van der Waals surface area contributed by atoms with Crippen LogP contribution in [0.5, 0.6) is 0 Å². The van der Waals surface area contributed by atoms with Gasteiger partial charge >= 0.3 is 0 Å². The highest BCUT2D eigenvalue weighted by Crippen LogP contribution is 2.29. The Morgan fingerprint density at radius 2 is 1.68 bits per heavy atom. The van der Waals surface area contributed by atoms with Crippen molar-refractivity contribution in [2.75, 3.05) is 4.90 Å². The SMILES string of the molecule is CC(=O)c1ccc2c(c1)CN(c1ccc(C)cc1)C2. The number of carbonyl (C=O) groups excluding carboxylic acids is 1. The van der Waals surface area contributed by atoms with Crippen LogP contribution in [0.4, 0.5) is 5.69 Å². The summed E-state index contributed by atoms with van der Waals surface area (Å²) in [6.45, 7) is 5.53. The summed E-state index contributed by atoms with van der Waals surface area (Å²) >= 11 is 0. The van der Waals surface area contributed by atoms with E-state index in [9.17, 15) is 4.79 Å². The Hall–Kier alpha value is -2.09. The second kappa shape index (κ2) is 4.54. The van der Waals surface area contributed by atoms with Gasteiger partial charge in [0, 0.05) is 24.3 Å². The summed E-state index contributed by atoms with van der Waals surface area (Å²) in [6, 6.07) is 14.6. The van der Waals surface area contributed by atoms with Crippen LogP contribution in [-0.4, -0.2) is 5.78 Å². The van der Waals surface area contributed by atoms with E-state index in [1.807, 2.05) is 12.1 Å². The molecule has 1 aliphatic rings. The van der Waals surface area contributed by atoms with Gasteiger partial charge in [0.2, 0.25) is 0 Å². The molecule has 0 atom stereocenters. The average molecular weight is 251 g/mol. The number of benzene rings is 2. The Balaban J connectivity index is 1.87. The van der Waals surface area contributed by atoms with Crippen LogP contribution in [0.3, 0.4) is 0 Å². The van der Waals surface area contributed by atoms with Gasteiger partial charge in [0.15, 0.2) is 5.78 Å². The van der Waals surface area contributed by atoms with E-state index in [0.29, 0.717) is 0 Å². The van der Waals surface area contributed by atoms with Crippen LogP contribution in [0.1, 0.15) is 34.0 Å². The quantitative estimate of drug-likeness (QED) is 0.758. The zero-order valence-corrected chi connectivity index (χ0v) is 11.3. The summed E-state index contributed by atoms with van der Waals surface area (Å²) in [5.41, 5.74) is 5.92. The van der Waals surface area contributed by atoms with E-state index < -0.39 is 0 Å². The largest absolute Gasteiger partial charge is 0.363 e. The predicted molar refractivity (Wildman–Crippen MR) is 77.5 cm³/mol. The van der Waals surface area contributed by atoms with E-state index >= 15 is 0 Å². The minimum atomic E-state index is 0.136. The first-order valence-corrected chi connectivity index (χ1v) is 6.58. The molecular weight excluding hydrogens is 234 g/mol. The lowest BCUT2D eigenvalue weighted by atomic mass is 10.0. The van der Waals surface area contributed by atoms with Crippen LogP contribution in [0.2, 0.25) is 0 Å². The third-order valence-corrected chi connectivity index (χ3v) is 3.73. The Labute approximate surface area is 113 Å². The molecule has 0 spiro atoms. The third-order valence-electron chi connectivity index (χ3n) is 3.73. The number of anilines is 1. The Bertz CT molecular complexity index is 628. The summed E-state index contributed by atoms with van der Waals surface area (Å²) in [5.74, 6) is 0.136. The number of ketones is 1. The highest BCUT2D eigenvalue weighted by molar-refractivity contribution is 5.94. The van der Waals surface area contributed by atoms with Crippen molar-refractivity contribution in [1.82, 2.24) is 0 Å². The van der Waals surface area contributed by atoms with Crippen molar-refractivity contribution < 1.29 is 4.79 Å². The minimum Gasteiger partial charge on any atom is -0.363 e. The minimum absolute atomic E-state index is 0.136. The molecule has 2 aromatic carbocycles. The molecule has 0 amide bonds. The maximum atomic E-state index is 11.4. The molecular formula is C17H17NO. The van der Waals surface area contributed by atoms with E-state index in [4.69, 9.17) is 0 Å². The van der Waals surface area contributed by atoms with Gasteiger partial charge in [-0.2, -0.15) is 0 Å². The number of fused-ring (bicyclic) bond motifs is 1. The van der Waals surface area contributed by atoms with Crippen LogP contribution in [-0.2, 0) is 13.1 Å². The molecule has 0 aliphatic carbocycles. The van der Waals surface area contributed by atoms with Gasteiger partial charge in [0.05, 0.1) is 0 Å². The van der Waals surface area contributed by atoms with Crippen molar-refractivity contribution in [3.8, 4) is 0 Å². The van der Waals surface area contributed by atoms with Crippen LogP contribution in [0, 0.1) is 6.92 Å². The van der Waals surface area contributed by atoms with Crippen LogP contribution < -0.4 is 4.90 Å². The van der Waals surface area contributed by atoms with E-state index in [2.05, 4.69) is 42.2 Å². The molecule has 3 rings (SSSR count). The summed E-state index contributed by atoms with van der Waals surface area (Å²) < 4.78 is 0. The molecule has 0 unspecified atom stereocenters. The molecule has 0 fully saturated rings. The van der Waals surface area contributed by atoms with Crippen molar-refractivity contribution in [2.24, 2.45) is 0 Å². The lowest BCUT2D eigenvalue weighted by Gasteiger charge is -2.17. The number of rotatable bonds is 2. The maximum Gasteiger partial charge on any atom is 0.159 e. The fraction of sp³-hybridized carbons (Fsp3) is 0.235. The molecule has 1 heterocycles. The first-order valence-electron chi connectivity index (χ1n) is 6.58. The average Bonchev–Trinajstić information content (AvgIpc) is 2.82. The number of Topliss-reactive ketones (excluding diaryl/α,β-unsaturated/α-hetero) is 1. The van der Waals surface area contributed by atoms with Gasteiger partial charge in [-0.15, -0.1) is 0 Å². The summed E-state index contributed by atoms with van der Waals surface area (Å²) in [5, 5.41) is 0. The number of nitrogens with zero attached hydrogens (tertiary/aromatic N) is 1. The number of carbonyl (C=O) groups is 1. The highest BCUT2D eigenvalue weighted by Gasteiger charge is 2.19. The molecule has 2 nitrogen and oxygen atoms in total. The normalized spacial score (nSPS) is 13.5. The molecule has 0 bridgehead atoms. The van der Waals surface area contributed by atoms with Crippen LogP contribution in [0.25, 0.3) is 0 Å². The van der Waals surface area contributed by atoms with Gasteiger partial charge in [-0.05, 0) is 43.2 Å². The van der Waals surface area contributed by atoms with Gasteiger partial charge in [-0.25, -0.2) is 0 Å². The second-order valence-electron chi connectivity index (χ2n) is 5.23. The molecule has 2 heteroatoms.